The molecule has 3 rings (SSSR count). The number of nitriles is 1. The van der Waals surface area contributed by atoms with Crippen LogP contribution in [0.3, 0.4) is 0 Å². The van der Waals surface area contributed by atoms with Gasteiger partial charge in [0, 0.05) is 9.26 Å². The predicted octanol–water partition coefficient (Wildman–Crippen LogP) is 3.08. The van der Waals surface area contributed by atoms with Crippen molar-refractivity contribution < 1.29 is 4.74 Å². The minimum Gasteiger partial charge on any atom is -0.454 e. The Morgan fingerprint density at radius 2 is 1.89 bits per heavy atom. The molecule has 136 valence electrons. The van der Waals surface area contributed by atoms with Crippen molar-refractivity contribution in [3.8, 4) is 23.3 Å². The Morgan fingerprint density at radius 1 is 1.22 bits per heavy atom. The van der Waals surface area contributed by atoms with Crippen LogP contribution in [0.15, 0.2) is 39.9 Å². The van der Waals surface area contributed by atoms with Crippen LogP contribution in [0.4, 0.5) is 5.69 Å². The summed E-state index contributed by atoms with van der Waals surface area (Å²) in [7, 11) is 0. The van der Waals surface area contributed by atoms with E-state index in [1.165, 1.54) is 12.1 Å². The number of halogens is 3. The van der Waals surface area contributed by atoms with Crippen LogP contribution in [-0.4, -0.2) is 14.8 Å². The first-order chi connectivity index (χ1) is 12.8. The zero-order valence-corrected chi connectivity index (χ0v) is 16.8. The lowest BCUT2D eigenvalue weighted by molar-refractivity contribution is 0.482. The third-order valence-corrected chi connectivity index (χ3v) is 4.85. The van der Waals surface area contributed by atoms with Crippen LogP contribution in [-0.2, 0) is 0 Å². The summed E-state index contributed by atoms with van der Waals surface area (Å²) in [5, 5.41) is 12.8. The second-order valence-corrected chi connectivity index (χ2v) is 7.13. The van der Waals surface area contributed by atoms with Gasteiger partial charge in [-0.25, -0.2) is 4.79 Å². The topological polar surface area (TPSA) is 127 Å². The van der Waals surface area contributed by atoms with E-state index in [0.29, 0.717) is 11.4 Å². The summed E-state index contributed by atoms with van der Waals surface area (Å²) in [5.74, 6) is 0.636. The molecule has 1 heterocycles. The van der Waals surface area contributed by atoms with Crippen LogP contribution in [0, 0.1) is 14.9 Å². The first kappa shape index (κ1) is 19.2. The van der Waals surface area contributed by atoms with E-state index in [4.69, 9.17) is 38.9 Å². The Bertz CT molecular complexity index is 1190. The van der Waals surface area contributed by atoms with E-state index in [2.05, 4.69) is 27.7 Å². The van der Waals surface area contributed by atoms with Gasteiger partial charge in [0.05, 0.1) is 15.7 Å². The lowest BCUT2D eigenvalue weighted by Crippen LogP contribution is -2.33. The van der Waals surface area contributed by atoms with Crippen LogP contribution in [0.5, 0.6) is 11.5 Å². The van der Waals surface area contributed by atoms with Crippen LogP contribution in [0.2, 0.25) is 10.0 Å². The van der Waals surface area contributed by atoms with Crippen molar-refractivity contribution in [3.05, 3.63) is 70.5 Å². The Morgan fingerprint density at radius 3 is 2.48 bits per heavy atom. The molecule has 0 saturated heterocycles. The number of ether oxygens (including phenoxy) is 1. The van der Waals surface area contributed by atoms with Crippen molar-refractivity contribution in [1.29, 1.82) is 5.26 Å². The number of anilines is 1. The number of nitrogens with zero attached hydrogens (tertiary/aromatic N) is 3. The van der Waals surface area contributed by atoms with Gasteiger partial charge in [-0.1, -0.05) is 23.2 Å². The number of nitrogen functional groups attached to an aromatic ring is 1. The van der Waals surface area contributed by atoms with E-state index in [0.717, 1.165) is 8.25 Å². The number of benzene rings is 2. The Labute approximate surface area is 175 Å². The van der Waals surface area contributed by atoms with Gasteiger partial charge in [0.2, 0.25) is 5.69 Å². The van der Waals surface area contributed by atoms with E-state index in [1.54, 1.807) is 24.3 Å². The summed E-state index contributed by atoms with van der Waals surface area (Å²) < 4.78 is 7.33. The quantitative estimate of drug-likeness (QED) is 0.407. The lowest BCUT2D eigenvalue weighted by Gasteiger charge is -2.12. The number of nitrogens with one attached hydrogen (secondary N) is 1. The molecule has 3 N–H and O–H groups in total. The van der Waals surface area contributed by atoms with Gasteiger partial charge < -0.3 is 10.5 Å². The van der Waals surface area contributed by atoms with Gasteiger partial charge >= 0.3 is 5.69 Å². The van der Waals surface area contributed by atoms with Crippen molar-refractivity contribution in [1.82, 2.24) is 14.8 Å². The molecule has 0 fully saturated rings. The third kappa shape index (κ3) is 3.92. The fraction of sp³-hybridized carbons (Fsp3) is 0. The summed E-state index contributed by atoms with van der Waals surface area (Å²) in [4.78, 5) is 25.4. The van der Waals surface area contributed by atoms with E-state index < -0.39 is 16.9 Å². The SMILES string of the molecule is N#Cc1nn(-c2cc(Cl)c(Oc3ccc(N)c(I)c3)c(Cl)c2)c(=O)[nH]c1=O. The van der Waals surface area contributed by atoms with Gasteiger partial charge in [-0.05, 0) is 52.9 Å². The first-order valence-electron chi connectivity index (χ1n) is 7.16. The van der Waals surface area contributed by atoms with Gasteiger partial charge in [0.15, 0.2) is 5.75 Å². The van der Waals surface area contributed by atoms with E-state index in [-0.39, 0.29) is 21.5 Å². The summed E-state index contributed by atoms with van der Waals surface area (Å²) in [6, 6.07) is 9.40. The standard InChI is InChI=1S/C16H8Cl2IN5O3/c17-9-3-7(24-16(26)22-15(25)13(6-20)23-24)4-10(18)14(9)27-8-1-2-12(21)11(19)5-8/h1-5H,21H2,(H,22,25,26). The molecule has 0 aliphatic rings. The second-order valence-electron chi connectivity index (χ2n) is 5.16. The summed E-state index contributed by atoms with van der Waals surface area (Å²) in [6.07, 6.45) is 0. The first-order valence-corrected chi connectivity index (χ1v) is 8.99. The van der Waals surface area contributed by atoms with Crippen LogP contribution in [0.25, 0.3) is 5.69 Å². The number of H-pyrrole nitrogens is 1. The molecule has 0 radical (unpaired) electrons. The molecule has 0 amide bonds. The third-order valence-electron chi connectivity index (χ3n) is 3.35. The van der Waals surface area contributed by atoms with E-state index >= 15 is 0 Å². The highest BCUT2D eigenvalue weighted by molar-refractivity contribution is 14.1. The molecule has 0 aliphatic carbocycles. The molecule has 0 bridgehead atoms. The molecular formula is C16H8Cl2IN5O3. The van der Waals surface area contributed by atoms with Crippen molar-refractivity contribution in [2.45, 2.75) is 0 Å². The highest BCUT2D eigenvalue weighted by atomic mass is 127. The van der Waals surface area contributed by atoms with Crippen LogP contribution in [0.1, 0.15) is 5.69 Å². The van der Waals surface area contributed by atoms with Crippen molar-refractivity contribution in [2.24, 2.45) is 0 Å². The summed E-state index contributed by atoms with van der Waals surface area (Å²) in [6.45, 7) is 0. The van der Waals surface area contributed by atoms with Gasteiger partial charge in [-0.3, -0.25) is 9.78 Å². The molecule has 0 aliphatic heterocycles. The number of aromatic amines is 1. The molecule has 2 aromatic carbocycles. The molecule has 0 saturated carbocycles. The number of nitrogens with two attached hydrogens (primary N) is 1. The average molecular weight is 516 g/mol. The lowest BCUT2D eigenvalue weighted by atomic mass is 10.3. The minimum atomic E-state index is -0.881. The number of hydrogen-bond acceptors (Lipinski definition) is 6. The number of aromatic nitrogens is 3. The van der Waals surface area contributed by atoms with Crippen molar-refractivity contribution in [2.75, 3.05) is 5.73 Å². The fourth-order valence-electron chi connectivity index (χ4n) is 2.10. The zero-order chi connectivity index (χ0) is 19.7. The van der Waals surface area contributed by atoms with Crippen molar-refractivity contribution >= 4 is 51.5 Å². The number of hydrogen-bond donors (Lipinski definition) is 2. The van der Waals surface area contributed by atoms with E-state index in [9.17, 15) is 9.59 Å². The zero-order valence-electron chi connectivity index (χ0n) is 13.2. The van der Waals surface area contributed by atoms with Gasteiger partial charge in [-0.2, -0.15) is 9.94 Å². The smallest absolute Gasteiger partial charge is 0.349 e. The molecule has 3 aromatic rings. The Hall–Kier alpha value is -2.55. The van der Waals surface area contributed by atoms with E-state index in [1.807, 2.05) is 4.98 Å². The monoisotopic (exact) mass is 515 g/mol. The van der Waals surface area contributed by atoms with Crippen molar-refractivity contribution in [3.63, 3.8) is 0 Å². The molecular weight excluding hydrogens is 508 g/mol. The van der Waals surface area contributed by atoms with Gasteiger partial charge in [0.1, 0.15) is 11.8 Å². The molecule has 8 nitrogen and oxygen atoms in total. The molecule has 0 spiro atoms. The fourth-order valence-corrected chi connectivity index (χ4v) is 3.14. The second kappa shape index (κ2) is 7.59. The molecule has 11 heteroatoms. The minimum absolute atomic E-state index is 0.0998. The van der Waals surface area contributed by atoms with Crippen LogP contribution >= 0.6 is 45.8 Å². The molecule has 0 unspecified atom stereocenters. The van der Waals surface area contributed by atoms with Gasteiger partial charge in [0.25, 0.3) is 5.56 Å². The Kier molecular flexibility index (Phi) is 5.41. The maximum Gasteiger partial charge on any atom is 0.349 e. The largest absolute Gasteiger partial charge is 0.454 e. The summed E-state index contributed by atoms with van der Waals surface area (Å²) in [5.41, 5.74) is 4.34. The highest BCUT2D eigenvalue weighted by Gasteiger charge is 2.15. The van der Waals surface area contributed by atoms with Crippen LogP contribution < -0.4 is 21.7 Å². The normalized spacial score (nSPS) is 10.4. The Balaban J connectivity index is 2.06. The average Bonchev–Trinajstić information content (AvgIpc) is 2.61. The molecule has 1 aromatic heterocycles. The highest BCUT2D eigenvalue weighted by Crippen LogP contribution is 2.38. The number of rotatable bonds is 3. The molecule has 27 heavy (non-hydrogen) atoms. The summed E-state index contributed by atoms with van der Waals surface area (Å²) >= 11 is 14.6. The predicted molar refractivity (Wildman–Crippen MR) is 109 cm³/mol. The maximum absolute atomic E-state index is 12.0. The molecule has 0 atom stereocenters. The van der Waals surface area contributed by atoms with Gasteiger partial charge in [-0.15, -0.1) is 5.10 Å². The maximum atomic E-state index is 12.0.